The van der Waals surface area contributed by atoms with E-state index in [1.165, 1.54) is 20.2 Å². The van der Waals surface area contributed by atoms with Gasteiger partial charge in [0.25, 0.3) is 5.91 Å². The fourth-order valence-electron chi connectivity index (χ4n) is 2.71. The first-order valence-electron chi connectivity index (χ1n) is 8.38. The van der Waals surface area contributed by atoms with E-state index < -0.39 is 15.9 Å². The van der Waals surface area contributed by atoms with Gasteiger partial charge in [-0.1, -0.05) is 17.7 Å². The number of primary amides is 1. The summed E-state index contributed by atoms with van der Waals surface area (Å²) in [4.78, 5) is 16.0. The Morgan fingerprint density at radius 3 is 2.59 bits per heavy atom. The minimum Gasteiger partial charge on any atom is -0.496 e. The Kier molecular flexibility index (Phi) is 5.92. The van der Waals surface area contributed by atoms with Gasteiger partial charge < -0.3 is 15.2 Å². The monoisotopic (exact) mass is 435 g/mol. The quantitative estimate of drug-likeness (QED) is 0.588. The maximum absolute atomic E-state index is 11.7. The van der Waals surface area contributed by atoms with Gasteiger partial charge in [0.2, 0.25) is 10.0 Å². The van der Waals surface area contributed by atoms with Crippen molar-refractivity contribution < 1.29 is 22.7 Å². The summed E-state index contributed by atoms with van der Waals surface area (Å²) in [5.74, 6) is 0.239. The van der Waals surface area contributed by atoms with Gasteiger partial charge in [-0.05, 0) is 36.9 Å². The predicted octanol–water partition coefficient (Wildman–Crippen LogP) is 2.84. The third-order valence-corrected chi connectivity index (χ3v) is 5.86. The van der Waals surface area contributed by atoms with Gasteiger partial charge in [-0.2, -0.15) is 0 Å². The number of rotatable bonds is 7. The number of ether oxygens (including phenoxy) is 2. The Balaban J connectivity index is 1.99. The minimum atomic E-state index is -3.45. The third kappa shape index (κ3) is 4.58. The SMILES string of the molecule is CNS(=O)(=O)Cc1ccc(Oc2ccnc3cc(OC)c(C(N)=O)cc23)cc1Cl. The van der Waals surface area contributed by atoms with Crippen LogP contribution in [-0.2, 0) is 15.8 Å². The van der Waals surface area contributed by atoms with Crippen LogP contribution in [0, 0.1) is 0 Å². The van der Waals surface area contributed by atoms with E-state index >= 15 is 0 Å². The van der Waals surface area contributed by atoms with E-state index in [1.54, 1.807) is 36.5 Å². The smallest absolute Gasteiger partial charge is 0.252 e. The first-order valence-corrected chi connectivity index (χ1v) is 10.4. The number of methoxy groups -OCH3 is 1. The average Bonchev–Trinajstić information content (AvgIpc) is 2.69. The molecule has 3 rings (SSSR count). The molecule has 0 unspecified atom stereocenters. The fourth-order valence-corrected chi connectivity index (χ4v) is 3.83. The van der Waals surface area contributed by atoms with Crippen LogP contribution >= 0.6 is 11.6 Å². The molecular formula is C19H18ClN3O5S. The number of sulfonamides is 1. The molecule has 0 atom stereocenters. The Morgan fingerprint density at radius 1 is 1.21 bits per heavy atom. The van der Waals surface area contributed by atoms with Crippen LogP contribution in [0.1, 0.15) is 15.9 Å². The second-order valence-corrected chi connectivity index (χ2v) is 8.40. The molecular weight excluding hydrogens is 418 g/mol. The number of fused-ring (bicyclic) bond motifs is 1. The first kappa shape index (κ1) is 20.8. The summed E-state index contributed by atoms with van der Waals surface area (Å²) in [5.41, 5.74) is 6.61. The van der Waals surface area contributed by atoms with Crippen LogP contribution in [0.4, 0.5) is 0 Å². The molecule has 152 valence electrons. The molecule has 0 aliphatic heterocycles. The predicted molar refractivity (Wildman–Crippen MR) is 110 cm³/mol. The molecule has 0 aliphatic rings. The van der Waals surface area contributed by atoms with Gasteiger partial charge in [0, 0.05) is 22.7 Å². The summed E-state index contributed by atoms with van der Waals surface area (Å²) in [6.07, 6.45) is 1.55. The van der Waals surface area contributed by atoms with E-state index in [1.807, 2.05) is 0 Å². The van der Waals surface area contributed by atoms with Gasteiger partial charge in [-0.3, -0.25) is 9.78 Å². The van der Waals surface area contributed by atoms with Crippen LogP contribution in [0.5, 0.6) is 17.2 Å². The highest BCUT2D eigenvalue weighted by Gasteiger charge is 2.16. The topological polar surface area (TPSA) is 121 Å². The molecule has 0 fully saturated rings. The summed E-state index contributed by atoms with van der Waals surface area (Å²) in [7, 11) is -0.680. The maximum Gasteiger partial charge on any atom is 0.252 e. The molecule has 1 amide bonds. The van der Waals surface area contributed by atoms with Crippen molar-refractivity contribution >= 4 is 38.4 Å². The van der Waals surface area contributed by atoms with Crippen molar-refractivity contribution in [1.29, 1.82) is 0 Å². The number of benzene rings is 2. The number of nitrogens with two attached hydrogens (primary N) is 1. The van der Waals surface area contributed by atoms with E-state index in [-0.39, 0.29) is 16.3 Å². The van der Waals surface area contributed by atoms with Gasteiger partial charge in [0.1, 0.15) is 17.2 Å². The molecule has 3 N–H and O–H groups in total. The van der Waals surface area contributed by atoms with Crippen LogP contribution in [0.15, 0.2) is 42.6 Å². The molecule has 0 radical (unpaired) electrons. The average molecular weight is 436 g/mol. The molecule has 8 nitrogen and oxygen atoms in total. The Hall–Kier alpha value is -2.88. The number of hydrogen-bond donors (Lipinski definition) is 2. The Bertz CT molecular complexity index is 1200. The number of hydrogen-bond acceptors (Lipinski definition) is 6. The van der Waals surface area contributed by atoms with Crippen molar-refractivity contribution in [3.63, 3.8) is 0 Å². The number of aromatic nitrogens is 1. The Labute approximate surface area is 172 Å². The second-order valence-electron chi connectivity index (χ2n) is 6.06. The lowest BCUT2D eigenvalue weighted by Gasteiger charge is -2.13. The van der Waals surface area contributed by atoms with Crippen molar-refractivity contribution in [2.24, 2.45) is 5.73 Å². The molecule has 2 aromatic carbocycles. The molecule has 1 heterocycles. The van der Waals surface area contributed by atoms with E-state index in [9.17, 15) is 13.2 Å². The highest BCUT2D eigenvalue weighted by atomic mass is 35.5. The number of pyridine rings is 1. The number of amides is 1. The highest BCUT2D eigenvalue weighted by molar-refractivity contribution is 7.88. The van der Waals surface area contributed by atoms with Gasteiger partial charge in [0.15, 0.2) is 0 Å². The van der Waals surface area contributed by atoms with Crippen LogP contribution in [-0.4, -0.2) is 33.5 Å². The van der Waals surface area contributed by atoms with Crippen molar-refractivity contribution in [1.82, 2.24) is 9.71 Å². The van der Waals surface area contributed by atoms with Gasteiger partial charge in [0.05, 0.1) is 23.9 Å². The lowest BCUT2D eigenvalue weighted by Crippen LogP contribution is -2.20. The van der Waals surface area contributed by atoms with Crippen LogP contribution < -0.4 is 19.9 Å². The van der Waals surface area contributed by atoms with E-state index in [0.29, 0.717) is 33.7 Å². The number of halogens is 1. The van der Waals surface area contributed by atoms with Crippen molar-refractivity contribution in [3.05, 3.63) is 58.7 Å². The van der Waals surface area contributed by atoms with Crippen LogP contribution in [0.25, 0.3) is 10.9 Å². The summed E-state index contributed by atoms with van der Waals surface area (Å²) >= 11 is 6.22. The zero-order valence-electron chi connectivity index (χ0n) is 15.6. The first-order chi connectivity index (χ1) is 13.7. The third-order valence-electron chi connectivity index (χ3n) is 4.20. The summed E-state index contributed by atoms with van der Waals surface area (Å²) in [5, 5.41) is 0.805. The highest BCUT2D eigenvalue weighted by Crippen LogP contribution is 2.34. The van der Waals surface area contributed by atoms with Gasteiger partial charge in [-0.25, -0.2) is 13.1 Å². The lowest BCUT2D eigenvalue weighted by atomic mass is 10.1. The van der Waals surface area contributed by atoms with Crippen molar-refractivity contribution in [2.75, 3.05) is 14.2 Å². The summed E-state index contributed by atoms with van der Waals surface area (Å²) in [6, 6.07) is 9.49. The standard InChI is InChI=1S/C19H18ClN3O5S/c1-22-29(25,26)10-11-3-4-12(7-15(11)20)28-17-5-6-23-16-9-18(27-2)14(19(21)24)8-13(16)17/h3-9,22H,10H2,1-2H3,(H2,21,24). The van der Waals surface area contributed by atoms with E-state index in [0.717, 1.165) is 0 Å². The largest absolute Gasteiger partial charge is 0.496 e. The minimum absolute atomic E-state index is 0.198. The number of nitrogens with one attached hydrogen (secondary N) is 1. The number of carbonyl (C=O) groups is 1. The molecule has 3 aromatic rings. The van der Waals surface area contributed by atoms with Gasteiger partial charge in [-0.15, -0.1) is 0 Å². The molecule has 0 aliphatic carbocycles. The summed E-state index contributed by atoms with van der Waals surface area (Å²) < 4.78 is 36.8. The number of nitrogens with zero attached hydrogens (tertiary/aromatic N) is 1. The van der Waals surface area contributed by atoms with Crippen molar-refractivity contribution in [3.8, 4) is 17.2 Å². The Morgan fingerprint density at radius 2 is 1.97 bits per heavy atom. The van der Waals surface area contributed by atoms with Gasteiger partial charge >= 0.3 is 0 Å². The van der Waals surface area contributed by atoms with Crippen LogP contribution in [0.3, 0.4) is 0 Å². The zero-order valence-corrected chi connectivity index (χ0v) is 17.2. The molecule has 0 saturated carbocycles. The molecule has 0 bridgehead atoms. The molecule has 1 aromatic heterocycles. The molecule has 10 heteroatoms. The fraction of sp³-hybridized carbons (Fsp3) is 0.158. The lowest BCUT2D eigenvalue weighted by molar-refractivity contribution is 0.0997. The van der Waals surface area contributed by atoms with E-state index in [4.69, 9.17) is 26.8 Å². The van der Waals surface area contributed by atoms with E-state index in [2.05, 4.69) is 9.71 Å². The zero-order chi connectivity index (χ0) is 21.2. The molecule has 0 spiro atoms. The second kappa shape index (κ2) is 8.24. The molecule has 0 saturated heterocycles. The van der Waals surface area contributed by atoms with Crippen molar-refractivity contribution in [2.45, 2.75) is 5.75 Å². The number of carbonyl (C=O) groups excluding carboxylic acids is 1. The van der Waals surface area contributed by atoms with Crippen LogP contribution in [0.2, 0.25) is 5.02 Å². The molecule has 29 heavy (non-hydrogen) atoms. The summed E-state index contributed by atoms with van der Waals surface area (Å²) in [6.45, 7) is 0. The maximum atomic E-state index is 11.7. The normalized spacial score (nSPS) is 11.4.